The van der Waals surface area contributed by atoms with E-state index in [9.17, 15) is 9.90 Å². The van der Waals surface area contributed by atoms with Crippen molar-refractivity contribution in [1.82, 2.24) is 0 Å². The Morgan fingerprint density at radius 1 is 0.462 bits per heavy atom. The number of para-hydroxylation sites is 3. The third-order valence-electron chi connectivity index (χ3n) is 9.75. The molecule has 6 aromatic carbocycles. The third-order valence-corrected chi connectivity index (χ3v) is 13.3. The lowest BCUT2D eigenvalue weighted by molar-refractivity contribution is -0.642. The molecular weight excluding hydrogens is 910 g/mol. The molecule has 334 valence electrons. The molecule has 0 unspecified atom stereocenters. The van der Waals surface area contributed by atoms with Crippen LogP contribution in [0.1, 0.15) is 38.6 Å². The van der Waals surface area contributed by atoms with Crippen molar-refractivity contribution < 1.29 is 48.4 Å². The number of benzene rings is 6. The highest BCUT2D eigenvalue weighted by molar-refractivity contribution is 7.19. The van der Waals surface area contributed by atoms with Crippen molar-refractivity contribution in [1.29, 1.82) is 0 Å². The number of nitrogens with two attached hydrogens (primary N) is 4. The highest BCUT2D eigenvalue weighted by Gasteiger charge is 2.15. The summed E-state index contributed by atoms with van der Waals surface area (Å²) in [7, 11) is 6.30. The number of halogens is 2. The van der Waals surface area contributed by atoms with Gasteiger partial charge in [0, 0.05) is 59.5 Å². The molecule has 9 aromatic rings. The molecule has 0 fully saturated rings. The lowest BCUT2D eigenvalue weighted by Crippen LogP contribution is -3.00. The molecule has 0 spiro atoms. The zero-order valence-corrected chi connectivity index (χ0v) is 40.3. The summed E-state index contributed by atoms with van der Waals surface area (Å²) >= 11 is 5.39. The van der Waals surface area contributed by atoms with Crippen molar-refractivity contribution >= 4 is 124 Å². The number of carboxylic acids is 1. The van der Waals surface area contributed by atoms with Crippen molar-refractivity contribution in [2.24, 2.45) is 26.9 Å². The SMILES string of the molecule is C[C@H](N)C(=O)[O-].C[n+]1c(C=Cc2ccc(N)cc2)sc2ccccc21.C[n+]1c(C=Cc2ccc(N)cc2)sc2ccccc21.C[n+]1c(C=Cc2ccc(N)cc2)sc2ccccc21.[Cl-].[Cl-]. The summed E-state index contributed by atoms with van der Waals surface area (Å²) in [5.74, 6) is -1.21. The topological polar surface area (TPSA) is 156 Å². The van der Waals surface area contributed by atoms with Crippen LogP contribution in [0.5, 0.6) is 0 Å². The average Bonchev–Trinajstić information content (AvgIpc) is 3.92. The van der Waals surface area contributed by atoms with Gasteiger partial charge in [0.05, 0.1) is 5.97 Å². The number of hydrogen-bond acceptors (Lipinski definition) is 9. The fraction of sp³-hybridized carbons (Fsp3) is 0.0980. The van der Waals surface area contributed by atoms with E-state index in [2.05, 4.69) is 144 Å². The number of anilines is 3. The highest BCUT2D eigenvalue weighted by Crippen LogP contribution is 2.24. The van der Waals surface area contributed by atoms with Gasteiger partial charge < -0.3 is 57.6 Å². The highest BCUT2D eigenvalue weighted by atomic mass is 35.5. The third kappa shape index (κ3) is 14.3. The van der Waals surface area contributed by atoms with Gasteiger partial charge in [-0.05, 0) is 96.4 Å². The summed E-state index contributed by atoms with van der Waals surface area (Å²) in [4.78, 5) is 9.46. The molecule has 9 rings (SSSR count). The van der Waals surface area contributed by atoms with E-state index in [0.29, 0.717) is 0 Å². The van der Waals surface area contributed by atoms with E-state index in [1.807, 2.05) is 72.8 Å². The molecule has 0 bridgehead atoms. The number of hydrogen-bond donors (Lipinski definition) is 4. The van der Waals surface area contributed by atoms with Gasteiger partial charge in [-0.15, -0.1) is 0 Å². The number of rotatable bonds is 7. The number of fused-ring (bicyclic) bond motifs is 3. The quantitative estimate of drug-likeness (QED) is 0.142. The lowest BCUT2D eigenvalue weighted by Gasteiger charge is -2.01. The molecule has 9 nitrogen and oxygen atoms in total. The molecule has 0 saturated carbocycles. The first kappa shape index (κ1) is 51.3. The van der Waals surface area contributed by atoms with E-state index in [1.165, 1.54) is 52.6 Å². The predicted octanol–water partition coefficient (Wildman–Crippen LogP) is 2.53. The molecule has 14 heteroatoms. The van der Waals surface area contributed by atoms with Gasteiger partial charge in [0.25, 0.3) is 15.0 Å². The average molecular weight is 961 g/mol. The number of carbonyl (C=O) groups is 1. The Morgan fingerprint density at radius 2 is 0.692 bits per heavy atom. The number of aliphatic carboxylic acids is 1. The van der Waals surface area contributed by atoms with E-state index < -0.39 is 12.0 Å². The van der Waals surface area contributed by atoms with Crippen LogP contribution in [0.2, 0.25) is 0 Å². The minimum absolute atomic E-state index is 0. The number of thiazole rings is 3. The molecule has 3 aromatic heterocycles. The van der Waals surface area contributed by atoms with Gasteiger partial charge in [-0.3, -0.25) is 0 Å². The second-order valence-corrected chi connectivity index (χ2v) is 17.7. The predicted molar refractivity (Wildman–Crippen MR) is 267 cm³/mol. The molecule has 0 aliphatic rings. The van der Waals surface area contributed by atoms with E-state index in [-0.39, 0.29) is 24.8 Å². The van der Waals surface area contributed by atoms with Crippen LogP contribution in [0.3, 0.4) is 0 Å². The molecule has 0 radical (unpaired) electrons. The fourth-order valence-corrected chi connectivity index (χ4v) is 9.28. The molecule has 65 heavy (non-hydrogen) atoms. The van der Waals surface area contributed by atoms with E-state index in [0.717, 1.165) is 33.8 Å². The minimum Gasteiger partial charge on any atom is -1.00 e. The number of carboxylic acid groups (broad SMARTS) is 1. The molecule has 0 aliphatic carbocycles. The number of nitrogens with zero attached hydrogens (tertiary/aromatic N) is 3. The van der Waals surface area contributed by atoms with Crippen LogP contribution in [0.4, 0.5) is 17.1 Å². The van der Waals surface area contributed by atoms with Crippen LogP contribution in [0.15, 0.2) is 146 Å². The van der Waals surface area contributed by atoms with Gasteiger partial charge in [-0.1, -0.05) is 107 Å². The Morgan fingerprint density at radius 3 is 0.908 bits per heavy atom. The Kier molecular flexibility index (Phi) is 19.4. The summed E-state index contributed by atoms with van der Waals surface area (Å²) in [6, 6.07) is 48.2. The van der Waals surface area contributed by atoms with Gasteiger partial charge in [0.2, 0.25) is 16.6 Å². The van der Waals surface area contributed by atoms with Crippen LogP contribution in [-0.4, -0.2) is 12.0 Å². The second kappa shape index (κ2) is 24.6. The second-order valence-electron chi connectivity index (χ2n) is 14.5. The molecule has 0 amide bonds. The molecule has 0 aliphatic heterocycles. The molecule has 3 heterocycles. The largest absolute Gasteiger partial charge is 1.00 e. The maximum absolute atomic E-state index is 9.46. The molecule has 1 atom stereocenters. The van der Waals surface area contributed by atoms with Crippen LogP contribution < -0.4 is 66.6 Å². The Labute approximate surface area is 404 Å². The number of carbonyl (C=O) groups excluding carboxylic acids is 1. The smallest absolute Gasteiger partial charge is 0.262 e. The van der Waals surface area contributed by atoms with Crippen LogP contribution in [0, 0.1) is 0 Å². The zero-order chi connectivity index (χ0) is 44.9. The number of nitrogen functional groups attached to an aromatic ring is 3. The number of aromatic nitrogens is 3. The van der Waals surface area contributed by atoms with Crippen molar-refractivity contribution in [2.75, 3.05) is 17.2 Å². The normalized spacial score (nSPS) is 11.3. The maximum atomic E-state index is 9.46. The van der Waals surface area contributed by atoms with Crippen LogP contribution in [-0.2, 0) is 25.9 Å². The molecular formula is C51H51Cl2N7O2S3. The van der Waals surface area contributed by atoms with Crippen LogP contribution in [0.25, 0.3) is 67.1 Å². The number of aryl methyl sites for hydroxylation is 3. The molecule has 0 saturated heterocycles. The zero-order valence-electron chi connectivity index (χ0n) is 36.3. The van der Waals surface area contributed by atoms with E-state index in [4.69, 9.17) is 22.9 Å². The van der Waals surface area contributed by atoms with Gasteiger partial charge in [0.1, 0.15) is 35.2 Å². The summed E-state index contributed by atoms with van der Waals surface area (Å²) < 4.78 is 10.6. The monoisotopic (exact) mass is 959 g/mol. The van der Waals surface area contributed by atoms with Gasteiger partial charge >= 0.3 is 0 Å². The van der Waals surface area contributed by atoms with Gasteiger partial charge in [-0.25, -0.2) is 0 Å². The van der Waals surface area contributed by atoms with Crippen molar-refractivity contribution in [3.63, 3.8) is 0 Å². The fourth-order valence-electron chi connectivity index (χ4n) is 6.12. The standard InChI is InChI=1S/3C16H14N2S.C3H7NO2.2ClH/c3*1-18-14-4-2-3-5-15(14)19-16(18)11-8-12-6-9-13(17)10-7-12;1-2(4)3(5)6;;/h3*2-11,17H,1H3;2H,4H2,1H3,(H,5,6);2*1H/t;;;2-;;/m...0../s1. The van der Waals surface area contributed by atoms with Crippen LogP contribution >= 0.6 is 34.0 Å². The summed E-state index contributed by atoms with van der Waals surface area (Å²) in [5, 5.41) is 13.2. The summed E-state index contributed by atoms with van der Waals surface area (Å²) in [6.07, 6.45) is 12.8. The summed E-state index contributed by atoms with van der Waals surface area (Å²) in [6.45, 7) is 1.36. The minimum atomic E-state index is -1.21. The first-order chi connectivity index (χ1) is 30.4. The van der Waals surface area contributed by atoms with Crippen molar-refractivity contribution in [2.45, 2.75) is 13.0 Å². The van der Waals surface area contributed by atoms with E-state index >= 15 is 0 Å². The molecule has 8 N–H and O–H groups in total. The maximum Gasteiger partial charge on any atom is 0.262 e. The lowest BCUT2D eigenvalue weighted by atomic mass is 10.2. The van der Waals surface area contributed by atoms with Gasteiger partial charge in [-0.2, -0.15) is 13.7 Å². The first-order valence-corrected chi connectivity index (χ1v) is 22.5. The Bertz CT molecular complexity index is 2720. The van der Waals surface area contributed by atoms with E-state index in [1.54, 1.807) is 34.0 Å². The first-order valence-electron chi connectivity index (χ1n) is 20.1. The van der Waals surface area contributed by atoms with Crippen molar-refractivity contribution in [3.8, 4) is 0 Å². The van der Waals surface area contributed by atoms with Gasteiger partial charge in [0.15, 0.2) is 0 Å². The van der Waals surface area contributed by atoms with Crippen molar-refractivity contribution in [3.05, 3.63) is 177 Å². The Balaban J connectivity index is 0.000000198. The Hall–Kier alpha value is -6.38. The summed E-state index contributed by atoms with van der Waals surface area (Å²) in [5.41, 5.74) is 31.5.